The summed E-state index contributed by atoms with van der Waals surface area (Å²) < 4.78 is 22.1. The zero-order chi connectivity index (χ0) is 20.3. The lowest BCUT2D eigenvalue weighted by atomic mass is 10.1. The van der Waals surface area contributed by atoms with Crippen LogP contribution in [0.3, 0.4) is 0 Å². The minimum absolute atomic E-state index is 0.0380. The second kappa shape index (κ2) is 6.65. The van der Waals surface area contributed by atoms with Crippen LogP contribution in [-0.2, 0) is 13.1 Å². The number of ether oxygens (including phenoxy) is 1. The Morgan fingerprint density at radius 1 is 1.21 bits per heavy atom. The van der Waals surface area contributed by atoms with Crippen LogP contribution in [0.25, 0.3) is 11.0 Å². The van der Waals surface area contributed by atoms with E-state index in [4.69, 9.17) is 10.5 Å². The van der Waals surface area contributed by atoms with Gasteiger partial charge in [0.25, 0.3) is 0 Å². The molecule has 9 heteroatoms. The lowest BCUT2D eigenvalue weighted by molar-refractivity contribution is -0.0166. The van der Waals surface area contributed by atoms with Gasteiger partial charge in [0.15, 0.2) is 5.82 Å². The molecule has 5 rings (SSSR count). The zero-order valence-electron chi connectivity index (χ0n) is 15.9. The van der Waals surface area contributed by atoms with Crippen molar-refractivity contribution in [2.75, 3.05) is 12.8 Å². The monoisotopic (exact) mass is 399 g/mol. The molecule has 4 atom stereocenters. The number of nitrogens with two attached hydrogens (primary N) is 1. The molecule has 1 fully saturated rings. The van der Waals surface area contributed by atoms with Crippen molar-refractivity contribution in [3.63, 3.8) is 0 Å². The number of fused-ring (bicyclic) bond motifs is 2. The highest BCUT2D eigenvalue weighted by Gasteiger charge is 2.45. The van der Waals surface area contributed by atoms with Crippen LogP contribution >= 0.6 is 0 Å². The molecule has 1 saturated carbocycles. The number of anilines is 1. The molecule has 3 heterocycles. The van der Waals surface area contributed by atoms with Crippen LogP contribution in [0.2, 0.25) is 0 Å². The van der Waals surface area contributed by atoms with E-state index in [1.54, 1.807) is 0 Å². The third kappa shape index (κ3) is 2.85. The first-order valence-corrected chi connectivity index (χ1v) is 9.52. The maximum atomic E-state index is 14.4. The van der Waals surface area contributed by atoms with E-state index in [1.165, 1.54) is 22.7 Å². The number of aliphatic hydroxyl groups is 2. The molecule has 2 unspecified atom stereocenters. The minimum Gasteiger partial charge on any atom is -0.487 e. The van der Waals surface area contributed by atoms with Gasteiger partial charge in [0.2, 0.25) is 0 Å². The molecule has 1 aliphatic carbocycles. The number of halogens is 1. The number of rotatable bonds is 3. The summed E-state index contributed by atoms with van der Waals surface area (Å²) in [6.45, 7) is 1.62. The molecule has 0 bridgehead atoms. The first-order chi connectivity index (χ1) is 13.9. The number of nitrogens with zero attached hydrogens (tertiary/aromatic N) is 4. The average Bonchev–Trinajstić information content (AvgIpc) is 3.32. The summed E-state index contributed by atoms with van der Waals surface area (Å²) >= 11 is 0. The Hall–Kier alpha value is -2.75. The van der Waals surface area contributed by atoms with Crippen molar-refractivity contribution in [2.45, 2.75) is 43.9 Å². The van der Waals surface area contributed by atoms with Gasteiger partial charge in [-0.3, -0.25) is 4.90 Å². The lowest BCUT2D eigenvalue weighted by Crippen LogP contribution is -2.34. The van der Waals surface area contributed by atoms with Gasteiger partial charge in [-0.1, -0.05) is 12.1 Å². The van der Waals surface area contributed by atoms with Crippen LogP contribution in [0.5, 0.6) is 5.75 Å². The Morgan fingerprint density at radius 3 is 2.86 bits per heavy atom. The Bertz CT molecular complexity index is 1090. The smallest absolute Gasteiger partial charge is 0.154 e. The Labute approximate surface area is 166 Å². The topological polar surface area (TPSA) is 110 Å². The van der Waals surface area contributed by atoms with Crippen LogP contribution in [0.4, 0.5) is 10.2 Å². The minimum atomic E-state index is -1.13. The number of aromatic nitrogens is 3. The fourth-order valence-corrected chi connectivity index (χ4v) is 4.50. The standard InChI is InChI=1S/C20H22FN5O3/c1-25-6-10-3-2-4-14(11(10)7-25)29-15-5-13(17(27)18(15)28)26-8-12(21)16-19(22)23-9-24-20(16)26/h2-4,8-9,13,15,17-18,27-28H,5-7H2,1H3,(H2,22,23,24)/t13?,15?,17-,18+/m0/s1. The number of aliphatic hydroxyl groups excluding tert-OH is 2. The van der Waals surface area contributed by atoms with E-state index < -0.39 is 30.2 Å². The van der Waals surface area contributed by atoms with Crippen LogP contribution in [-0.4, -0.2) is 55.0 Å². The Kier molecular flexibility index (Phi) is 4.19. The molecule has 4 N–H and O–H groups in total. The summed E-state index contributed by atoms with van der Waals surface area (Å²) in [5.41, 5.74) is 8.36. The molecule has 0 radical (unpaired) electrons. The van der Waals surface area contributed by atoms with E-state index in [0.29, 0.717) is 12.2 Å². The van der Waals surface area contributed by atoms with Crippen LogP contribution in [0, 0.1) is 5.82 Å². The highest BCUT2D eigenvalue weighted by Crippen LogP contribution is 2.39. The van der Waals surface area contributed by atoms with Gasteiger partial charge in [-0.25, -0.2) is 14.4 Å². The fraction of sp³-hybridized carbons (Fsp3) is 0.400. The van der Waals surface area contributed by atoms with E-state index in [1.807, 2.05) is 19.2 Å². The summed E-state index contributed by atoms with van der Waals surface area (Å²) in [4.78, 5) is 10.1. The maximum absolute atomic E-state index is 14.4. The molecular formula is C20H22FN5O3. The van der Waals surface area contributed by atoms with E-state index in [2.05, 4.69) is 20.9 Å². The average molecular weight is 399 g/mol. The van der Waals surface area contributed by atoms with Gasteiger partial charge < -0.3 is 25.3 Å². The fourth-order valence-electron chi connectivity index (χ4n) is 4.50. The normalized spacial score (nSPS) is 26.9. The molecular weight excluding hydrogens is 377 g/mol. The number of nitrogen functional groups attached to an aromatic ring is 1. The predicted molar refractivity (Wildman–Crippen MR) is 104 cm³/mol. The van der Waals surface area contributed by atoms with Crippen molar-refractivity contribution < 1.29 is 19.3 Å². The lowest BCUT2D eigenvalue weighted by Gasteiger charge is -2.20. The van der Waals surface area contributed by atoms with Gasteiger partial charge in [0, 0.05) is 31.3 Å². The molecule has 0 spiro atoms. The van der Waals surface area contributed by atoms with E-state index in [-0.39, 0.29) is 16.9 Å². The van der Waals surface area contributed by atoms with Crippen LogP contribution in [0.15, 0.2) is 30.7 Å². The highest BCUT2D eigenvalue weighted by atomic mass is 19.1. The van der Waals surface area contributed by atoms with Crippen molar-refractivity contribution in [1.82, 2.24) is 19.4 Å². The van der Waals surface area contributed by atoms with Gasteiger partial charge in [-0.05, 0) is 18.7 Å². The molecule has 1 aliphatic heterocycles. The van der Waals surface area contributed by atoms with Gasteiger partial charge in [-0.2, -0.15) is 0 Å². The van der Waals surface area contributed by atoms with Crippen molar-refractivity contribution in [3.8, 4) is 5.75 Å². The first kappa shape index (κ1) is 18.3. The summed E-state index contributed by atoms with van der Waals surface area (Å²) in [7, 11) is 2.03. The molecule has 2 aliphatic rings. The van der Waals surface area contributed by atoms with Crippen LogP contribution < -0.4 is 10.5 Å². The van der Waals surface area contributed by atoms with Gasteiger partial charge in [0.05, 0.1) is 11.4 Å². The van der Waals surface area contributed by atoms with Crippen molar-refractivity contribution in [1.29, 1.82) is 0 Å². The third-order valence-electron chi connectivity index (χ3n) is 5.93. The number of hydrogen-bond acceptors (Lipinski definition) is 7. The number of hydrogen-bond donors (Lipinski definition) is 3. The maximum Gasteiger partial charge on any atom is 0.154 e. The molecule has 2 aromatic heterocycles. The highest BCUT2D eigenvalue weighted by molar-refractivity contribution is 5.86. The summed E-state index contributed by atoms with van der Waals surface area (Å²) in [5.74, 6) is 0.183. The van der Waals surface area contributed by atoms with E-state index >= 15 is 0 Å². The SMILES string of the molecule is CN1Cc2cccc(OC3CC(n4cc(F)c5c(N)ncnc54)[C@H](O)[C@@H]3O)c2C1. The van der Waals surface area contributed by atoms with E-state index in [0.717, 1.165) is 18.7 Å². The van der Waals surface area contributed by atoms with Crippen molar-refractivity contribution in [3.05, 3.63) is 47.7 Å². The van der Waals surface area contributed by atoms with Gasteiger partial charge in [-0.15, -0.1) is 0 Å². The Morgan fingerprint density at radius 2 is 2.03 bits per heavy atom. The van der Waals surface area contributed by atoms with Gasteiger partial charge in [0.1, 0.15) is 41.9 Å². The Balaban J connectivity index is 1.45. The molecule has 8 nitrogen and oxygen atoms in total. The molecule has 29 heavy (non-hydrogen) atoms. The summed E-state index contributed by atoms with van der Waals surface area (Å²) in [6, 6.07) is 5.27. The number of benzene rings is 1. The third-order valence-corrected chi connectivity index (χ3v) is 5.93. The van der Waals surface area contributed by atoms with Crippen LogP contribution in [0.1, 0.15) is 23.6 Å². The van der Waals surface area contributed by atoms with Crippen molar-refractivity contribution in [2.24, 2.45) is 0 Å². The molecule has 3 aromatic rings. The second-order valence-electron chi connectivity index (χ2n) is 7.85. The second-order valence-corrected chi connectivity index (χ2v) is 7.85. The van der Waals surface area contributed by atoms with Gasteiger partial charge >= 0.3 is 0 Å². The first-order valence-electron chi connectivity index (χ1n) is 9.52. The quantitative estimate of drug-likeness (QED) is 0.607. The summed E-state index contributed by atoms with van der Waals surface area (Å²) in [6.07, 6.45) is -0.0844. The molecule has 0 saturated heterocycles. The van der Waals surface area contributed by atoms with E-state index in [9.17, 15) is 14.6 Å². The molecule has 1 aromatic carbocycles. The summed E-state index contributed by atoms with van der Waals surface area (Å²) in [5, 5.41) is 21.4. The molecule has 0 amide bonds. The largest absolute Gasteiger partial charge is 0.487 e. The molecule has 152 valence electrons. The predicted octanol–water partition coefficient (Wildman–Crippen LogP) is 1.21. The zero-order valence-corrected chi connectivity index (χ0v) is 15.9. The van der Waals surface area contributed by atoms with Crippen molar-refractivity contribution >= 4 is 16.9 Å².